The van der Waals surface area contributed by atoms with E-state index >= 15 is 0 Å². The fourth-order valence-corrected chi connectivity index (χ4v) is 5.13. The molecule has 7 rings (SSSR count). The molecule has 0 aliphatic carbocycles. The van der Waals surface area contributed by atoms with Crippen molar-refractivity contribution < 1.29 is 0 Å². The Morgan fingerprint density at radius 2 is 1.18 bits per heavy atom. The Hall–Kier alpha value is -4.56. The van der Waals surface area contributed by atoms with E-state index in [9.17, 15) is 0 Å². The summed E-state index contributed by atoms with van der Waals surface area (Å²) in [5.41, 5.74) is 5.81. The summed E-state index contributed by atoms with van der Waals surface area (Å²) in [7, 11) is 0. The van der Waals surface area contributed by atoms with Crippen molar-refractivity contribution in [1.29, 1.82) is 0 Å². The van der Waals surface area contributed by atoms with Gasteiger partial charge in [0.05, 0.1) is 11.0 Å². The van der Waals surface area contributed by atoms with Gasteiger partial charge in [-0.05, 0) is 58.6 Å². The molecule has 7 aromatic rings. The molecule has 2 nitrogen and oxygen atoms in total. The number of fused-ring (bicyclic) bond motifs is 6. The molecule has 160 valence electrons. The summed E-state index contributed by atoms with van der Waals surface area (Å²) in [6.07, 6.45) is 0. The monoisotopic (exact) mass is 434 g/mol. The highest BCUT2D eigenvalue weighted by Crippen LogP contribution is 2.38. The van der Waals surface area contributed by atoms with Gasteiger partial charge in [0.15, 0.2) is 0 Å². The molecule has 0 saturated carbocycles. The lowest BCUT2D eigenvalue weighted by Gasteiger charge is -2.11. The van der Waals surface area contributed by atoms with Crippen LogP contribution in [0.4, 0.5) is 11.4 Å². The summed E-state index contributed by atoms with van der Waals surface area (Å²) in [6.45, 7) is 0. The van der Waals surface area contributed by atoms with Gasteiger partial charge >= 0.3 is 0 Å². The Bertz CT molecular complexity index is 1830. The molecule has 0 saturated heterocycles. The molecule has 34 heavy (non-hydrogen) atoms. The molecule has 2 heteroatoms. The summed E-state index contributed by atoms with van der Waals surface area (Å²) in [4.78, 5) is 0. The second-order valence-corrected chi connectivity index (χ2v) is 8.77. The molecule has 0 radical (unpaired) electrons. The van der Waals surface area contributed by atoms with Crippen molar-refractivity contribution in [3.8, 4) is 5.69 Å². The van der Waals surface area contributed by atoms with Crippen molar-refractivity contribution in [2.75, 3.05) is 5.32 Å². The molecule has 0 amide bonds. The summed E-state index contributed by atoms with van der Waals surface area (Å²) in [5, 5.41) is 11.1. The zero-order chi connectivity index (χ0) is 22.5. The maximum Gasteiger partial charge on any atom is 0.0619 e. The Kier molecular flexibility index (Phi) is 4.18. The number of anilines is 2. The lowest BCUT2D eigenvalue weighted by Crippen LogP contribution is -1.95. The normalized spacial score (nSPS) is 11.5. The Morgan fingerprint density at radius 3 is 2.06 bits per heavy atom. The standard InChI is InChI=1S/C32H22N2/c1-2-11-25(12-3-1)33-26-16-19-31-30(21-26)29-18-15-23-9-6-7-13-28(23)32(29)34(31)27-17-14-22-8-4-5-10-24(22)20-27/h1-21,33H. The van der Waals surface area contributed by atoms with Crippen LogP contribution in [0.2, 0.25) is 0 Å². The number of hydrogen-bond donors (Lipinski definition) is 1. The number of rotatable bonds is 3. The molecule has 0 aliphatic rings. The van der Waals surface area contributed by atoms with Crippen molar-refractivity contribution in [3.63, 3.8) is 0 Å². The fraction of sp³-hybridized carbons (Fsp3) is 0. The lowest BCUT2D eigenvalue weighted by atomic mass is 10.1. The van der Waals surface area contributed by atoms with Crippen LogP contribution in [0.3, 0.4) is 0 Å². The van der Waals surface area contributed by atoms with Gasteiger partial charge in [0.1, 0.15) is 0 Å². The smallest absolute Gasteiger partial charge is 0.0619 e. The number of aromatic nitrogens is 1. The van der Waals surface area contributed by atoms with Gasteiger partial charge in [0, 0.05) is 33.2 Å². The second kappa shape index (κ2) is 7.50. The molecule has 0 spiro atoms. The van der Waals surface area contributed by atoms with E-state index < -0.39 is 0 Å². The van der Waals surface area contributed by atoms with Crippen LogP contribution in [0.5, 0.6) is 0 Å². The van der Waals surface area contributed by atoms with Crippen LogP contribution >= 0.6 is 0 Å². The van der Waals surface area contributed by atoms with Crippen LogP contribution in [0.15, 0.2) is 127 Å². The van der Waals surface area contributed by atoms with Gasteiger partial charge in [-0.25, -0.2) is 0 Å². The Morgan fingerprint density at radius 1 is 0.441 bits per heavy atom. The molecule has 1 aromatic heterocycles. The first-order valence-corrected chi connectivity index (χ1v) is 11.6. The highest BCUT2D eigenvalue weighted by atomic mass is 15.0. The molecule has 6 aromatic carbocycles. The van der Waals surface area contributed by atoms with Crippen molar-refractivity contribution in [2.24, 2.45) is 0 Å². The third kappa shape index (κ3) is 2.96. The molecule has 0 unspecified atom stereocenters. The van der Waals surface area contributed by atoms with Crippen molar-refractivity contribution in [1.82, 2.24) is 4.57 Å². The number of para-hydroxylation sites is 1. The van der Waals surface area contributed by atoms with Gasteiger partial charge in [0.2, 0.25) is 0 Å². The summed E-state index contributed by atoms with van der Waals surface area (Å²) < 4.78 is 2.42. The SMILES string of the molecule is c1ccc(Nc2ccc3c(c2)c2ccc4ccccc4c2n3-c2ccc3ccccc3c2)cc1. The predicted octanol–water partition coefficient (Wildman–Crippen LogP) is 8.83. The third-order valence-corrected chi connectivity index (χ3v) is 6.71. The summed E-state index contributed by atoms with van der Waals surface area (Å²) in [6, 6.07) is 45.5. The van der Waals surface area contributed by atoms with Crippen LogP contribution in [0, 0.1) is 0 Å². The molecular weight excluding hydrogens is 412 g/mol. The topological polar surface area (TPSA) is 17.0 Å². The van der Waals surface area contributed by atoms with Gasteiger partial charge in [0.25, 0.3) is 0 Å². The summed E-state index contributed by atoms with van der Waals surface area (Å²) in [5.74, 6) is 0. The van der Waals surface area contributed by atoms with E-state index in [0.29, 0.717) is 0 Å². The van der Waals surface area contributed by atoms with E-state index in [1.165, 1.54) is 49.0 Å². The van der Waals surface area contributed by atoms with E-state index in [1.807, 2.05) is 6.07 Å². The highest BCUT2D eigenvalue weighted by Gasteiger charge is 2.16. The molecule has 0 atom stereocenters. The molecular formula is C32H22N2. The first kappa shape index (κ1) is 19.0. The lowest BCUT2D eigenvalue weighted by molar-refractivity contribution is 1.19. The fourth-order valence-electron chi connectivity index (χ4n) is 5.13. The Balaban J connectivity index is 1.54. The van der Waals surface area contributed by atoms with Crippen LogP contribution < -0.4 is 5.32 Å². The minimum atomic E-state index is 1.09. The van der Waals surface area contributed by atoms with E-state index in [-0.39, 0.29) is 0 Å². The van der Waals surface area contributed by atoms with Crippen LogP contribution in [-0.4, -0.2) is 4.57 Å². The van der Waals surface area contributed by atoms with Crippen LogP contribution in [0.1, 0.15) is 0 Å². The number of hydrogen-bond acceptors (Lipinski definition) is 1. The maximum absolute atomic E-state index is 3.56. The zero-order valence-electron chi connectivity index (χ0n) is 18.6. The average Bonchev–Trinajstić information content (AvgIpc) is 3.23. The van der Waals surface area contributed by atoms with E-state index in [0.717, 1.165) is 11.4 Å². The minimum absolute atomic E-state index is 1.09. The largest absolute Gasteiger partial charge is 0.356 e. The average molecular weight is 435 g/mol. The molecule has 1 N–H and O–H groups in total. The second-order valence-electron chi connectivity index (χ2n) is 8.77. The molecule has 0 bridgehead atoms. The molecule has 0 fully saturated rings. The minimum Gasteiger partial charge on any atom is -0.356 e. The van der Waals surface area contributed by atoms with Gasteiger partial charge in [-0.1, -0.05) is 84.9 Å². The predicted molar refractivity (Wildman–Crippen MR) is 146 cm³/mol. The molecule has 0 aliphatic heterocycles. The first-order chi connectivity index (χ1) is 16.8. The zero-order valence-corrected chi connectivity index (χ0v) is 18.6. The van der Waals surface area contributed by atoms with Gasteiger partial charge in [-0.3, -0.25) is 0 Å². The Labute approximate surface area is 197 Å². The number of benzene rings is 6. The molecule has 1 heterocycles. The van der Waals surface area contributed by atoms with Gasteiger partial charge in [-0.15, -0.1) is 0 Å². The number of nitrogens with one attached hydrogen (secondary N) is 1. The van der Waals surface area contributed by atoms with E-state index in [1.54, 1.807) is 0 Å². The third-order valence-electron chi connectivity index (χ3n) is 6.71. The maximum atomic E-state index is 3.56. The van der Waals surface area contributed by atoms with Gasteiger partial charge in [-0.2, -0.15) is 0 Å². The first-order valence-electron chi connectivity index (χ1n) is 11.6. The quantitative estimate of drug-likeness (QED) is 0.294. The van der Waals surface area contributed by atoms with Crippen LogP contribution in [-0.2, 0) is 0 Å². The van der Waals surface area contributed by atoms with E-state index in [2.05, 4.69) is 131 Å². The van der Waals surface area contributed by atoms with Crippen molar-refractivity contribution in [3.05, 3.63) is 127 Å². The van der Waals surface area contributed by atoms with Gasteiger partial charge < -0.3 is 9.88 Å². The highest BCUT2D eigenvalue weighted by molar-refractivity contribution is 6.19. The van der Waals surface area contributed by atoms with E-state index in [4.69, 9.17) is 0 Å². The van der Waals surface area contributed by atoms with Crippen LogP contribution in [0.25, 0.3) is 49.0 Å². The van der Waals surface area contributed by atoms with Crippen molar-refractivity contribution >= 4 is 54.7 Å². The number of nitrogens with zero attached hydrogens (tertiary/aromatic N) is 1. The summed E-state index contributed by atoms with van der Waals surface area (Å²) >= 11 is 0. The van der Waals surface area contributed by atoms with Crippen molar-refractivity contribution in [2.45, 2.75) is 0 Å².